The number of aryl methyl sites for hydroxylation is 2. The number of hydrogen-bond acceptors (Lipinski definition) is 2. The van der Waals surface area contributed by atoms with Gasteiger partial charge in [0.1, 0.15) is 0 Å². The van der Waals surface area contributed by atoms with Gasteiger partial charge in [0, 0.05) is 5.56 Å². The minimum Gasteiger partial charge on any atom is -0.394 e. The highest BCUT2D eigenvalue weighted by atomic mass is 16.3. The van der Waals surface area contributed by atoms with Crippen molar-refractivity contribution < 1.29 is 9.90 Å². The summed E-state index contributed by atoms with van der Waals surface area (Å²) >= 11 is 0. The maximum atomic E-state index is 12.1. The summed E-state index contributed by atoms with van der Waals surface area (Å²) in [5.74, 6) is 0.341. The first kappa shape index (κ1) is 14.7. The normalized spacial score (nSPS) is 12.6. The van der Waals surface area contributed by atoms with E-state index in [2.05, 4.69) is 19.2 Å². The summed E-state index contributed by atoms with van der Waals surface area (Å²) in [6.45, 7) is 8.06. The summed E-state index contributed by atoms with van der Waals surface area (Å²) in [5.41, 5.74) is 2.79. The van der Waals surface area contributed by atoms with E-state index < -0.39 is 0 Å². The summed E-state index contributed by atoms with van der Waals surface area (Å²) in [5, 5.41) is 12.2. The van der Waals surface area contributed by atoms with Crippen LogP contribution in [0, 0.1) is 19.8 Å². The number of amides is 1. The third-order valence-corrected chi connectivity index (χ3v) is 2.94. The molecule has 0 saturated carbocycles. The van der Waals surface area contributed by atoms with E-state index in [1.165, 1.54) is 0 Å². The van der Waals surface area contributed by atoms with Gasteiger partial charge in [-0.05, 0) is 37.8 Å². The summed E-state index contributed by atoms with van der Waals surface area (Å²) in [6, 6.07) is 5.59. The Labute approximate surface area is 109 Å². The standard InChI is InChI=1S/C15H23NO2/c1-10(2)7-13(9-17)16-15(18)14-6-5-11(3)8-12(14)4/h5-6,8,10,13,17H,7,9H2,1-4H3,(H,16,18). The van der Waals surface area contributed by atoms with Crippen LogP contribution >= 0.6 is 0 Å². The van der Waals surface area contributed by atoms with E-state index in [1.54, 1.807) is 0 Å². The first-order valence-electron chi connectivity index (χ1n) is 6.43. The average molecular weight is 249 g/mol. The largest absolute Gasteiger partial charge is 0.394 e. The summed E-state index contributed by atoms with van der Waals surface area (Å²) < 4.78 is 0. The van der Waals surface area contributed by atoms with Crippen molar-refractivity contribution in [3.63, 3.8) is 0 Å². The molecule has 0 aliphatic rings. The quantitative estimate of drug-likeness (QED) is 0.842. The maximum Gasteiger partial charge on any atom is 0.251 e. The van der Waals surface area contributed by atoms with Gasteiger partial charge in [-0.15, -0.1) is 0 Å². The molecule has 0 aliphatic carbocycles. The Morgan fingerprint density at radius 3 is 2.50 bits per heavy atom. The van der Waals surface area contributed by atoms with Crippen LogP contribution in [0.5, 0.6) is 0 Å². The molecule has 0 aromatic heterocycles. The number of nitrogens with one attached hydrogen (secondary N) is 1. The van der Waals surface area contributed by atoms with Crippen molar-refractivity contribution in [3.8, 4) is 0 Å². The van der Waals surface area contributed by atoms with Crippen molar-refractivity contribution >= 4 is 5.91 Å². The van der Waals surface area contributed by atoms with Crippen molar-refractivity contribution in [3.05, 3.63) is 34.9 Å². The Bertz CT molecular complexity index is 413. The second-order valence-corrected chi connectivity index (χ2v) is 5.30. The number of carbonyl (C=O) groups excluding carboxylic acids is 1. The van der Waals surface area contributed by atoms with E-state index in [4.69, 9.17) is 0 Å². The zero-order valence-corrected chi connectivity index (χ0v) is 11.7. The van der Waals surface area contributed by atoms with Crippen LogP contribution in [0.1, 0.15) is 41.8 Å². The summed E-state index contributed by atoms with van der Waals surface area (Å²) in [4.78, 5) is 12.1. The molecule has 0 aliphatic heterocycles. The van der Waals surface area contributed by atoms with E-state index >= 15 is 0 Å². The van der Waals surface area contributed by atoms with E-state index in [-0.39, 0.29) is 18.6 Å². The van der Waals surface area contributed by atoms with Crippen LogP contribution in [0.4, 0.5) is 0 Å². The molecule has 2 N–H and O–H groups in total. The lowest BCUT2D eigenvalue weighted by Crippen LogP contribution is -2.38. The van der Waals surface area contributed by atoms with Crippen LogP contribution in [-0.4, -0.2) is 23.7 Å². The molecule has 0 spiro atoms. The number of aliphatic hydroxyl groups is 1. The molecule has 100 valence electrons. The zero-order chi connectivity index (χ0) is 13.7. The van der Waals surface area contributed by atoms with Crippen LogP contribution in [0.3, 0.4) is 0 Å². The van der Waals surface area contributed by atoms with E-state index in [0.717, 1.165) is 17.5 Å². The van der Waals surface area contributed by atoms with Crippen LogP contribution < -0.4 is 5.32 Å². The molecule has 0 radical (unpaired) electrons. The fraction of sp³-hybridized carbons (Fsp3) is 0.533. The summed E-state index contributed by atoms with van der Waals surface area (Å²) in [6.07, 6.45) is 0.785. The van der Waals surface area contributed by atoms with Gasteiger partial charge in [0.15, 0.2) is 0 Å². The molecule has 3 nitrogen and oxygen atoms in total. The second kappa shape index (κ2) is 6.55. The fourth-order valence-electron chi connectivity index (χ4n) is 2.08. The van der Waals surface area contributed by atoms with E-state index in [1.807, 2.05) is 32.0 Å². The second-order valence-electron chi connectivity index (χ2n) is 5.30. The molecule has 0 heterocycles. The molecule has 1 amide bonds. The van der Waals surface area contributed by atoms with Crippen LogP contribution in [0.25, 0.3) is 0 Å². The third-order valence-electron chi connectivity index (χ3n) is 2.94. The van der Waals surface area contributed by atoms with Gasteiger partial charge in [0.05, 0.1) is 12.6 Å². The summed E-state index contributed by atoms with van der Waals surface area (Å²) in [7, 11) is 0. The van der Waals surface area contributed by atoms with Crippen LogP contribution in [-0.2, 0) is 0 Å². The predicted octanol–water partition coefficient (Wildman–Crippen LogP) is 2.44. The highest BCUT2D eigenvalue weighted by Gasteiger charge is 2.15. The van der Waals surface area contributed by atoms with Gasteiger partial charge in [-0.25, -0.2) is 0 Å². The average Bonchev–Trinajstić information content (AvgIpc) is 2.27. The molecule has 1 aromatic rings. The minimum absolute atomic E-state index is 0.0190. The molecule has 1 rings (SSSR count). The SMILES string of the molecule is Cc1ccc(C(=O)NC(CO)CC(C)C)c(C)c1. The number of carbonyl (C=O) groups is 1. The highest BCUT2D eigenvalue weighted by Crippen LogP contribution is 2.11. The van der Waals surface area contributed by atoms with Crippen molar-refractivity contribution in [2.75, 3.05) is 6.61 Å². The number of aliphatic hydroxyl groups excluding tert-OH is 1. The molecule has 1 unspecified atom stereocenters. The van der Waals surface area contributed by atoms with Crippen molar-refractivity contribution in [1.29, 1.82) is 0 Å². The Balaban J connectivity index is 2.74. The first-order chi connectivity index (χ1) is 8.43. The molecule has 0 fully saturated rings. The third kappa shape index (κ3) is 4.15. The Kier molecular flexibility index (Phi) is 5.35. The molecule has 18 heavy (non-hydrogen) atoms. The van der Waals surface area contributed by atoms with Gasteiger partial charge in [-0.2, -0.15) is 0 Å². The number of hydrogen-bond donors (Lipinski definition) is 2. The number of benzene rings is 1. The number of rotatable bonds is 5. The van der Waals surface area contributed by atoms with Gasteiger partial charge in [0.25, 0.3) is 5.91 Å². The predicted molar refractivity (Wildman–Crippen MR) is 73.7 cm³/mol. The molecule has 0 saturated heterocycles. The lowest BCUT2D eigenvalue weighted by molar-refractivity contribution is 0.0907. The maximum absolute atomic E-state index is 12.1. The highest BCUT2D eigenvalue weighted by molar-refractivity contribution is 5.95. The molecule has 1 atom stereocenters. The smallest absolute Gasteiger partial charge is 0.251 e. The molecule has 1 aromatic carbocycles. The molecule has 3 heteroatoms. The molecular weight excluding hydrogens is 226 g/mol. The van der Waals surface area contributed by atoms with Gasteiger partial charge >= 0.3 is 0 Å². The van der Waals surface area contributed by atoms with Crippen LogP contribution in [0.15, 0.2) is 18.2 Å². The van der Waals surface area contributed by atoms with E-state index in [9.17, 15) is 9.90 Å². The van der Waals surface area contributed by atoms with Gasteiger partial charge in [0.2, 0.25) is 0 Å². The Morgan fingerprint density at radius 1 is 1.33 bits per heavy atom. The van der Waals surface area contributed by atoms with Gasteiger partial charge < -0.3 is 10.4 Å². The fourth-order valence-corrected chi connectivity index (χ4v) is 2.08. The minimum atomic E-state index is -0.168. The van der Waals surface area contributed by atoms with E-state index in [0.29, 0.717) is 11.5 Å². The monoisotopic (exact) mass is 249 g/mol. The van der Waals surface area contributed by atoms with Gasteiger partial charge in [-0.1, -0.05) is 31.5 Å². The van der Waals surface area contributed by atoms with Gasteiger partial charge in [-0.3, -0.25) is 4.79 Å². The lowest BCUT2D eigenvalue weighted by Gasteiger charge is -2.19. The Morgan fingerprint density at radius 2 is 2.00 bits per heavy atom. The first-order valence-corrected chi connectivity index (χ1v) is 6.43. The lowest BCUT2D eigenvalue weighted by atomic mass is 10.0. The topological polar surface area (TPSA) is 49.3 Å². The van der Waals surface area contributed by atoms with Crippen molar-refractivity contribution in [1.82, 2.24) is 5.32 Å². The van der Waals surface area contributed by atoms with Crippen molar-refractivity contribution in [2.45, 2.75) is 40.2 Å². The van der Waals surface area contributed by atoms with Crippen LogP contribution in [0.2, 0.25) is 0 Å². The molecular formula is C15H23NO2. The molecule has 0 bridgehead atoms. The van der Waals surface area contributed by atoms with Crippen molar-refractivity contribution in [2.24, 2.45) is 5.92 Å². The zero-order valence-electron chi connectivity index (χ0n) is 11.7. The Hall–Kier alpha value is -1.35.